The first-order valence-electron chi connectivity index (χ1n) is 8.65. The van der Waals surface area contributed by atoms with E-state index < -0.39 is 29.9 Å². The van der Waals surface area contributed by atoms with Crippen LogP contribution in [0.5, 0.6) is 0 Å². The van der Waals surface area contributed by atoms with Gasteiger partial charge in [-0.3, -0.25) is 9.59 Å². The number of hydrogen-bond acceptors (Lipinski definition) is 6. The second-order valence-corrected chi connectivity index (χ2v) is 7.68. The van der Waals surface area contributed by atoms with E-state index in [9.17, 15) is 19.5 Å². The Morgan fingerprint density at radius 2 is 2.04 bits per heavy atom. The number of ether oxygens (including phenoxy) is 2. The molecular formula is C19H24O6. The van der Waals surface area contributed by atoms with Crippen LogP contribution in [0.4, 0.5) is 0 Å². The fraction of sp³-hybridized carbons (Fsp3) is 0.632. The number of allylic oxidation sites excluding steroid dienone is 2. The Hall–Kier alpha value is -1.79. The van der Waals surface area contributed by atoms with Crippen LogP contribution in [0.2, 0.25) is 0 Å². The van der Waals surface area contributed by atoms with Crippen LogP contribution in [0.25, 0.3) is 0 Å². The lowest BCUT2D eigenvalue weighted by Gasteiger charge is -2.27. The average molecular weight is 348 g/mol. The van der Waals surface area contributed by atoms with Gasteiger partial charge in [-0.1, -0.05) is 18.2 Å². The molecule has 3 aliphatic heterocycles. The Morgan fingerprint density at radius 3 is 2.72 bits per heavy atom. The van der Waals surface area contributed by atoms with Crippen LogP contribution in [0.15, 0.2) is 23.8 Å². The van der Waals surface area contributed by atoms with Gasteiger partial charge >= 0.3 is 5.97 Å². The third-order valence-corrected chi connectivity index (χ3v) is 5.34. The van der Waals surface area contributed by atoms with Gasteiger partial charge in [0.05, 0.1) is 11.2 Å². The molecule has 6 heteroatoms. The number of rotatable bonds is 1. The SMILES string of the molecule is C=C(C)[C@H]1C/C=C2\C(=O)O[C@H](C[C@@]3(C)CC(=O)[C@H](CC(=O)C1)O3)[C@@H]2O. The second-order valence-electron chi connectivity index (χ2n) is 7.68. The van der Waals surface area contributed by atoms with Gasteiger partial charge in [0.25, 0.3) is 0 Å². The number of carbonyl (C=O) groups is 3. The van der Waals surface area contributed by atoms with Crippen LogP contribution in [0, 0.1) is 5.92 Å². The molecule has 0 aromatic carbocycles. The normalized spacial score (nSPS) is 41.2. The van der Waals surface area contributed by atoms with Gasteiger partial charge in [-0.05, 0) is 26.2 Å². The van der Waals surface area contributed by atoms with Gasteiger partial charge in [0.2, 0.25) is 0 Å². The molecule has 0 amide bonds. The number of fused-ring (bicyclic) bond motifs is 4. The summed E-state index contributed by atoms with van der Waals surface area (Å²) in [6.07, 6.45) is 0.187. The molecule has 4 bridgehead atoms. The van der Waals surface area contributed by atoms with Crippen molar-refractivity contribution in [2.75, 3.05) is 0 Å². The van der Waals surface area contributed by atoms with Crippen molar-refractivity contribution in [2.24, 2.45) is 5.92 Å². The zero-order valence-electron chi connectivity index (χ0n) is 14.6. The number of carbonyl (C=O) groups excluding carboxylic acids is 3. The van der Waals surface area contributed by atoms with Crippen LogP contribution in [-0.4, -0.2) is 46.6 Å². The van der Waals surface area contributed by atoms with E-state index in [0.29, 0.717) is 6.42 Å². The van der Waals surface area contributed by atoms with Crippen molar-refractivity contribution in [2.45, 2.75) is 69.9 Å². The molecule has 3 heterocycles. The highest BCUT2D eigenvalue weighted by Gasteiger charge is 2.49. The zero-order chi connectivity index (χ0) is 18.4. The predicted octanol–water partition coefficient (Wildman–Crippen LogP) is 1.65. The molecule has 2 fully saturated rings. The van der Waals surface area contributed by atoms with E-state index in [0.717, 1.165) is 5.57 Å². The summed E-state index contributed by atoms with van der Waals surface area (Å²) in [6.45, 7) is 7.50. The second kappa shape index (κ2) is 6.50. The fourth-order valence-electron chi connectivity index (χ4n) is 3.88. The molecule has 3 aliphatic rings. The number of aliphatic hydroxyl groups is 1. The van der Waals surface area contributed by atoms with Crippen LogP contribution in [-0.2, 0) is 23.9 Å². The van der Waals surface area contributed by atoms with E-state index in [1.165, 1.54) is 0 Å². The minimum atomic E-state index is -1.05. The minimum Gasteiger partial charge on any atom is -0.456 e. The van der Waals surface area contributed by atoms with E-state index in [-0.39, 0.29) is 48.7 Å². The van der Waals surface area contributed by atoms with Crippen LogP contribution in [0.1, 0.15) is 46.0 Å². The predicted molar refractivity (Wildman–Crippen MR) is 88.7 cm³/mol. The topological polar surface area (TPSA) is 89.9 Å². The summed E-state index contributed by atoms with van der Waals surface area (Å²) in [5.74, 6) is -0.871. The van der Waals surface area contributed by atoms with Gasteiger partial charge in [0.1, 0.15) is 24.1 Å². The number of hydrogen-bond donors (Lipinski definition) is 1. The lowest BCUT2D eigenvalue weighted by molar-refractivity contribution is -0.144. The van der Waals surface area contributed by atoms with E-state index in [2.05, 4.69) is 6.58 Å². The highest BCUT2D eigenvalue weighted by Crippen LogP contribution is 2.38. The summed E-state index contributed by atoms with van der Waals surface area (Å²) in [4.78, 5) is 36.8. The highest BCUT2D eigenvalue weighted by molar-refractivity contribution is 5.93. The Morgan fingerprint density at radius 1 is 1.32 bits per heavy atom. The molecule has 0 saturated carbocycles. The van der Waals surface area contributed by atoms with Crippen LogP contribution in [0.3, 0.4) is 0 Å². The van der Waals surface area contributed by atoms with E-state index in [4.69, 9.17) is 9.47 Å². The molecule has 25 heavy (non-hydrogen) atoms. The summed E-state index contributed by atoms with van der Waals surface area (Å²) in [5.41, 5.74) is 0.194. The molecule has 1 N–H and O–H groups in total. The lowest BCUT2D eigenvalue weighted by Crippen LogP contribution is -2.35. The lowest BCUT2D eigenvalue weighted by atomic mass is 9.87. The monoisotopic (exact) mass is 348 g/mol. The maximum atomic E-state index is 12.4. The Balaban J connectivity index is 1.94. The van der Waals surface area contributed by atoms with Gasteiger partial charge in [0, 0.05) is 25.7 Å². The standard InChI is InChI=1S/C19H24O6/c1-10(2)11-4-5-13-17(22)16(24-18(13)23)9-19(3)8-14(21)15(25-19)7-12(20)6-11/h5,11,15-17,22H,1,4,6-9H2,2-3H3/b13-5-/t11-,15-,16+,17+,19+/m0/s1. The van der Waals surface area contributed by atoms with Crippen molar-refractivity contribution >= 4 is 17.5 Å². The molecule has 0 unspecified atom stereocenters. The summed E-state index contributed by atoms with van der Waals surface area (Å²) < 4.78 is 11.2. The quantitative estimate of drug-likeness (QED) is 0.572. The van der Waals surface area contributed by atoms with Gasteiger partial charge in [-0.25, -0.2) is 4.79 Å². The summed E-state index contributed by atoms with van der Waals surface area (Å²) in [7, 11) is 0. The fourth-order valence-corrected chi connectivity index (χ4v) is 3.88. The number of esters is 1. The van der Waals surface area contributed by atoms with E-state index in [1.807, 2.05) is 6.92 Å². The van der Waals surface area contributed by atoms with Crippen molar-refractivity contribution in [3.05, 3.63) is 23.8 Å². The first-order chi connectivity index (χ1) is 11.7. The smallest absolute Gasteiger partial charge is 0.336 e. The highest BCUT2D eigenvalue weighted by atomic mass is 16.6. The van der Waals surface area contributed by atoms with Crippen molar-refractivity contribution in [1.29, 1.82) is 0 Å². The Kier molecular flexibility index (Phi) is 4.68. The van der Waals surface area contributed by atoms with Gasteiger partial charge in [-0.15, -0.1) is 0 Å². The van der Waals surface area contributed by atoms with Gasteiger partial charge in [-0.2, -0.15) is 0 Å². The third kappa shape index (κ3) is 3.60. The molecule has 0 aliphatic carbocycles. The number of aliphatic hydroxyl groups excluding tert-OH is 1. The molecule has 0 aromatic rings. The molecule has 0 radical (unpaired) electrons. The Bertz CT molecular complexity index is 663. The first kappa shape index (κ1) is 18.0. The molecule has 5 atom stereocenters. The molecule has 0 aromatic heterocycles. The third-order valence-electron chi connectivity index (χ3n) is 5.34. The molecule has 6 nitrogen and oxygen atoms in total. The van der Waals surface area contributed by atoms with Crippen LogP contribution < -0.4 is 0 Å². The first-order valence-corrected chi connectivity index (χ1v) is 8.65. The molecule has 3 rings (SSSR count). The van der Waals surface area contributed by atoms with Gasteiger partial charge < -0.3 is 14.6 Å². The molecule has 2 saturated heterocycles. The minimum absolute atomic E-state index is 0.0541. The summed E-state index contributed by atoms with van der Waals surface area (Å²) >= 11 is 0. The van der Waals surface area contributed by atoms with Crippen molar-refractivity contribution in [3.63, 3.8) is 0 Å². The number of Topliss-reactive ketones (excluding diaryl/α,β-unsaturated/α-hetero) is 2. The van der Waals surface area contributed by atoms with Gasteiger partial charge in [0.15, 0.2) is 5.78 Å². The van der Waals surface area contributed by atoms with Crippen molar-refractivity contribution in [1.82, 2.24) is 0 Å². The van der Waals surface area contributed by atoms with Crippen molar-refractivity contribution < 1.29 is 29.0 Å². The maximum absolute atomic E-state index is 12.4. The largest absolute Gasteiger partial charge is 0.456 e. The zero-order valence-corrected chi connectivity index (χ0v) is 14.6. The average Bonchev–Trinajstić information content (AvgIpc) is 2.91. The molecule has 136 valence electrons. The summed E-state index contributed by atoms with van der Waals surface area (Å²) in [6, 6.07) is 0. The number of ketones is 2. The maximum Gasteiger partial charge on any atom is 0.336 e. The molecule has 0 spiro atoms. The van der Waals surface area contributed by atoms with E-state index >= 15 is 0 Å². The Labute approximate surface area is 146 Å². The van der Waals surface area contributed by atoms with Crippen LogP contribution >= 0.6 is 0 Å². The van der Waals surface area contributed by atoms with E-state index in [1.54, 1.807) is 13.0 Å². The van der Waals surface area contributed by atoms with Crippen molar-refractivity contribution in [3.8, 4) is 0 Å². The molecular weight excluding hydrogens is 324 g/mol. The summed E-state index contributed by atoms with van der Waals surface area (Å²) in [5, 5.41) is 10.5.